The molecule has 0 aromatic heterocycles. The number of benzene rings is 3. The first-order chi connectivity index (χ1) is 15.9. The maximum atomic E-state index is 12.8. The molecule has 0 bridgehead atoms. The van der Waals surface area contributed by atoms with Crippen molar-refractivity contribution in [2.45, 2.75) is 24.0 Å². The lowest BCUT2D eigenvalue weighted by Gasteiger charge is -2.15. The summed E-state index contributed by atoms with van der Waals surface area (Å²) in [5, 5.41) is 7.98. The number of thioether (sulfide) groups is 1. The van der Waals surface area contributed by atoms with Gasteiger partial charge in [-0.3, -0.25) is 14.4 Å². The van der Waals surface area contributed by atoms with Crippen molar-refractivity contribution in [3.63, 3.8) is 0 Å². The third-order valence-corrected chi connectivity index (χ3v) is 5.73. The Labute approximate surface area is 196 Å². The zero-order valence-electron chi connectivity index (χ0n) is 18.5. The van der Waals surface area contributed by atoms with Crippen molar-refractivity contribution in [2.75, 3.05) is 23.1 Å². The second-order valence-corrected chi connectivity index (χ2v) is 8.60. The van der Waals surface area contributed by atoms with E-state index in [2.05, 4.69) is 16.0 Å². The summed E-state index contributed by atoms with van der Waals surface area (Å²) in [4.78, 5) is 37.7. The molecule has 1 unspecified atom stereocenters. The van der Waals surface area contributed by atoms with Gasteiger partial charge in [0.15, 0.2) is 0 Å². The summed E-state index contributed by atoms with van der Waals surface area (Å²) in [6, 6.07) is 21.2. The smallest absolute Gasteiger partial charge is 0.257 e. The number of carbonyl (C=O) groups is 3. The van der Waals surface area contributed by atoms with E-state index < -0.39 is 5.25 Å². The van der Waals surface area contributed by atoms with E-state index in [1.807, 2.05) is 12.1 Å². The van der Waals surface area contributed by atoms with E-state index in [4.69, 9.17) is 4.74 Å². The fourth-order valence-corrected chi connectivity index (χ4v) is 3.87. The van der Waals surface area contributed by atoms with Crippen molar-refractivity contribution < 1.29 is 19.1 Å². The van der Waals surface area contributed by atoms with Crippen LogP contribution < -0.4 is 20.7 Å². The summed E-state index contributed by atoms with van der Waals surface area (Å²) >= 11 is 1.38. The van der Waals surface area contributed by atoms with Gasteiger partial charge in [-0.1, -0.05) is 18.2 Å². The highest BCUT2D eigenvalue weighted by atomic mass is 32.2. The number of methoxy groups -OCH3 is 1. The second-order valence-electron chi connectivity index (χ2n) is 7.19. The summed E-state index contributed by atoms with van der Waals surface area (Å²) < 4.78 is 5.19. The zero-order chi connectivity index (χ0) is 23.8. The average Bonchev–Trinajstić information content (AvgIpc) is 2.80. The van der Waals surface area contributed by atoms with Gasteiger partial charge in [0, 0.05) is 29.3 Å². The van der Waals surface area contributed by atoms with Crippen LogP contribution in [0, 0.1) is 0 Å². The molecule has 0 spiro atoms. The number of para-hydroxylation sites is 1. The van der Waals surface area contributed by atoms with E-state index >= 15 is 0 Å². The van der Waals surface area contributed by atoms with Crippen LogP contribution in [0.25, 0.3) is 0 Å². The molecule has 3 rings (SSSR count). The Morgan fingerprint density at radius 1 is 0.848 bits per heavy atom. The van der Waals surface area contributed by atoms with Crippen LogP contribution in [0.3, 0.4) is 0 Å². The van der Waals surface area contributed by atoms with Gasteiger partial charge in [0.25, 0.3) is 5.91 Å². The molecule has 1 atom stereocenters. The molecule has 0 saturated carbocycles. The van der Waals surface area contributed by atoms with Crippen molar-refractivity contribution in [3.05, 3.63) is 78.4 Å². The first-order valence-corrected chi connectivity index (χ1v) is 11.1. The molecule has 0 radical (unpaired) electrons. The van der Waals surface area contributed by atoms with Gasteiger partial charge in [-0.15, -0.1) is 11.8 Å². The fourth-order valence-electron chi connectivity index (χ4n) is 3.00. The van der Waals surface area contributed by atoms with Crippen molar-refractivity contribution >= 4 is 46.5 Å². The Kier molecular flexibility index (Phi) is 8.10. The summed E-state index contributed by atoms with van der Waals surface area (Å²) in [7, 11) is 1.56. The maximum absolute atomic E-state index is 12.8. The first kappa shape index (κ1) is 23.9. The van der Waals surface area contributed by atoms with Gasteiger partial charge in [0.2, 0.25) is 11.8 Å². The molecule has 0 saturated heterocycles. The number of nitrogens with one attached hydrogen (secondary N) is 3. The summed E-state index contributed by atoms with van der Waals surface area (Å²) in [6.07, 6.45) is 0. The Balaban J connectivity index is 1.66. The number of carbonyl (C=O) groups excluding carboxylic acids is 3. The van der Waals surface area contributed by atoms with Gasteiger partial charge in [-0.05, 0) is 55.5 Å². The van der Waals surface area contributed by atoms with Crippen LogP contribution in [0.1, 0.15) is 24.2 Å². The Hall–Kier alpha value is -3.78. The van der Waals surface area contributed by atoms with Gasteiger partial charge in [-0.2, -0.15) is 0 Å². The molecule has 3 aromatic rings. The minimum atomic E-state index is -0.411. The third kappa shape index (κ3) is 6.85. The minimum absolute atomic E-state index is 0.141. The first-order valence-electron chi connectivity index (χ1n) is 10.3. The maximum Gasteiger partial charge on any atom is 0.257 e. The lowest BCUT2D eigenvalue weighted by molar-refractivity contribution is -0.115. The van der Waals surface area contributed by atoms with Crippen LogP contribution in [0.4, 0.5) is 17.1 Å². The topological polar surface area (TPSA) is 96.5 Å². The highest BCUT2D eigenvalue weighted by molar-refractivity contribution is 8.00. The molecule has 3 amide bonds. The highest BCUT2D eigenvalue weighted by Crippen LogP contribution is 2.27. The molecular weight excluding hydrogens is 438 g/mol. The highest BCUT2D eigenvalue weighted by Gasteiger charge is 2.18. The van der Waals surface area contributed by atoms with E-state index in [0.29, 0.717) is 28.4 Å². The quantitative estimate of drug-likeness (QED) is 0.408. The predicted molar refractivity (Wildman–Crippen MR) is 132 cm³/mol. The molecule has 0 aliphatic heterocycles. The number of ether oxygens (including phenoxy) is 1. The third-order valence-electron chi connectivity index (χ3n) is 4.61. The standard InChI is InChI=1S/C25H25N3O4S/c1-16(33-21-13-11-18(12-14-21)26-17(2)29)24(30)28-23-10-5-4-9-22(23)25(31)27-19-7-6-8-20(15-19)32-3/h4-16H,1-3H3,(H,26,29)(H,27,31)(H,28,30). The second kappa shape index (κ2) is 11.2. The SMILES string of the molecule is COc1cccc(NC(=O)c2ccccc2NC(=O)C(C)Sc2ccc(NC(C)=O)cc2)c1. The Bertz CT molecular complexity index is 1150. The normalized spacial score (nSPS) is 11.2. The number of amides is 3. The number of hydrogen-bond donors (Lipinski definition) is 3. The van der Waals surface area contributed by atoms with E-state index in [-0.39, 0.29) is 17.7 Å². The molecule has 0 fully saturated rings. The van der Waals surface area contributed by atoms with E-state index in [9.17, 15) is 14.4 Å². The van der Waals surface area contributed by atoms with Crippen molar-refractivity contribution in [1.29, 1.82) is 0 Å². The van der Waals surface area contributed by atoms with Gasteiger partial charge in [-0.25, -0.2) is 0 Å². The van der Waals surface area contributed by atoms with Crippen LogP contribution in [-0.4, -0.2) is 30.1 Å². The van der Waals surface area contributed by atoms with Gasteiger partial charge in [0.05, 0.1) is 23.6 Å². The monoisotopic (exact) mass is 463 g/mol. The lowest BCUT2D eigenvalue weighted by atomic mass is 10.1. The molecule has 0 heterocycles. The van der Waals surface area contributed by atoms with Gasteiger partial charge >= 0.3 is 0 Å². The summed E-state index contributed by atoms with van der Waals surface area (Å²) in [5.74, 6) is -0.0804. The van der Waals surface area contributed by atoms with Crippen molar-refractivity contribution in [2.24, 2.45) is 0 Å². The molecule has 0 aliphatic carbocycles. The molecule has 170 valence electrons. The van der Waals surface area contributed by atoms with Crippen LogP contribution in [0.2, 0.25) is 0 Å². The van der Waals surface area contributed by atoms with Crippen molar-refractivity contribution in [3.8, 4) is 5.75 Å². The Morgan fingerprint density at radius 3 is 2.27 bits per heavy atom. The minimum Gasteiger partial charge on any atom is -0.497 e. The van der Waals surface area contributed by atoms with Crippen LogP contribution in [-0.2, 0) is 9.59 Å². The molecule has 0 aliphatic rings. The molecule has 3 aromatic carbocycles. The molecule has 3 N–H and O–H groups in total. The number of rotatable bonds is 8. The summed E-state index contributed by atoms with van der Waals surface area (Å²) in [6.45, 7) is 3.24. The fraction of sp³-hybridized carbons (Fsp3) is 0.160. The molecular formula is C25H25N3O4S. The molecule has 7 nitrogen and oxygen atoms in total. The van der Waals surface area contributed by atoms with Gasteiger partial charge < -0.3 is 20.7 Å². The molecule has 33 heavy (non-hydrogen) atoms. The van der Waals surface area contributed by atoms with Crippen LogP contribution in [0.5, 0.6) is 5.75 Å². The lowest BCUT2D eigenvalue weighted by Crippen LogP contribution is -2.24. The average molecular weight is 464 g/mol. The molecule has 8 heteroatoms. The largest absolute Gasteiger partial charge is 0.497 e. The van der Waals surface area contributed by atoms with E-state index in [0.717, 1.165) is 4.90 Å². The van der Waals surface area contributed by atoms with E-state index in [1.165, 1.54) is 18.7 Å². The Morgan fingerprint density at radius 2 is 1.58 bits per heavy atom. The number of anilines is 3. The predicted octanol–water partition coefficient (Wildman–Crippen LogP) is 5.03. The van der Waals surface area contributed by atoms with Gasteiger partial charge in [0.1, 0.15) is 5.75 Å². The number of hydrogen-bond acceptors (Lipinski definition) is 5. The van der Waals surface area contributed by atoms with E-state index in [1.54, 1.807) is 74.7 Å². The zero-order valence-corrected chi connectivity index (χ0v) is 19.4. The summed E-state index contributed by atoms with van der Waals surface area (Å²) in [5.41, 5.74) is 2.06. The van der Waals surface area contributed by atoms with Crippen LogP contribution >= 0.6 is 11.8 Å². The van der Waals surface area contributed by atoms with Crippen LogP contribution in [0.15, 0.2) is 77.7 Å². The van der Waals surface area contributed by atoms with Crippen molar-refractivity contribution in [1.82, 2.24) is 0 Å².